The van der Waals surface area contributed by atoms with Gasteiger partial charge in [-0.25, -0.2) is 4.98 Å². The predicted molar refractivity (Wildman–Crippen MR) is 89.3 cm³/mol. The van der Waals surface area contributed by atoms with Crippen molar-refractivity contribution in [1.29, 1.82) is 0 Å². The van der Waals surface area contributed by atoms with E-state index in [1.54, 1.807) is 0 Å². The third kappa shape index (κ3) is 5.66. The maximum atomic E-state index is 10.6. The second kappa shape index (κ2) is 8.76. The molecular formula is C18H28N2O2. The van der Waals surface area contributed by atoms with Crippen molar-refractivity contribution >= 4 is 11.8 Å². The molecule has 1 aliphatic rings. The van der Waals surface area contributed by atoms with Crippen molar-refractivity contribution in [3.05, 3.63) is 23.4 Å². The zero-order chi connectivity index (χ0) is 15.8. The zero-order valence-electron chi connectivity index (χ0n) is 13.6. The monoisotopic (exact) mass is 304 g/mol. The lowest BCUT2D eigenvalue weighted by molar-refractivity contribution is -0.138. The molecular weight excluding hydrogens is 276 g/mol. The van der Waals surface area contributed by atoms with Gasteiger partial charge in [0.25, 0.3) is 0 Å². The van der Waals surface area contributed by atoms with Gasteiger partial charge in [0.05, 0.1) is 0 Å². The van der Waals surface area contributed by atoms with Crippen LogP contribution < -0.4 is 5.32 Å². The fraction of sp³-hybridized carbons (Fsp3) is 0.667. The molecule has 2 N–H and O–H groups in total. The number of aromatic nitrogens is 1. The zero-order valence-corrected chi connectivity index (χ0v) is 13.6. The average molecular weight is 304 g/mol. The normalized spacial score (nSPS) is 15.0. The lowest BCUT2D eigenvalue weighted by atomic mass is 9.99. The molecule has 0 bridgehead atoms. The Morgan fingerprint density at radius 1 is 1.32 bits per heavy atom. The van der Waals surface area contributed by atoms with Crippen LogP contribution in [0.1, 0.15) is 63.1 Å². The largest absolute Gasteiger partial charge is 0.481 e. The van der Waals surface area contributed by atoms with Crippen LogP contribution in [0.4, 0.5) is 5.82 Å². The molecule has 0 aliphatic carbocycles. The molecule has 2 heterocycles. The van der Waals surface area contributed by atoms with Crippen molar-refractivity contribution in [1.82, 2.24) is 4.98 Å². The highest BCUT2D eigenvalue weighted by molar-refractivity contribution is 5.66. The smallest absolute Gasteiger partial charge is 0.303 e. The van der Waals surface area contributed by atoms with E-state index in [4.69, 9.17) is 10.1 Å². The summed E-state index contributed by atoms with van der Waals surface area (Å²) in [4.78, 5) is 15.3. The van der Waals surface area contributed by atoms with Gasteiger partial charge in [-0.15, -0.1) is 0 Å². The summed E-state index contributed by atoms with van der Waals surface area (Å²) in [5.41, 5.74) is 2.54. The number of pyridine rings is 1. The Kier molecular flexibility index (Phi) is 6.69. The van der Waals surface area contributed by atoms with Crippen LogP contribution in [0, 0.1) is 5.92 Å². The molecule has 1 aliphatic heterocycles. The van der Waals surface area contributed by atoms with E-state index in [9.17, 15) is 4.79 Å². The van der Waals surface area contributed by atoms with E-state index in [-0.39, 0.29) is 0 Å². The van der Waals surface area contributed by atoms with Gasteiger partial charge in [-0.3, -0.25) is 4.79 Å². The van der Waals surface area contributed by atoms with Crippen LogP contribution >= 0.6 is 0 Å². The molecule has 1 aromatic rings. The summed E-state index contributed by atoms with van der Waals surface area (Å²) < 4.78 is 0. The first-order chi connectivity index (χ1) is 10.6. The summed E-state index contributed by atoms with van der Waals surface area (Å²) in [6.45, 7) is 3.07. The summed E-state index contributed by atoms with van der Waals surface area (Å²) in [7, 11) is 0. The molecule has 0 saturated heterocycles. The van der Waals surface area contributed by atoms with Gasteiger partial charge in [-0.1, -0.05) is 38.7 Å². The minimum atomic E-state index is -0.681. The number of nitrogens with zero attached hydrogens (tertiary/aromatic N) is 1. The molecule has 1 atom stereocenters. The number of unbranched alkanes of at least 4 members (excludes halogenated alkanes) is 3. The van der Waals surface area contributed by atoms with Gasteiger partial charge in [0, 0.05) is 18.7 Å². The number of carboxylic acids is 1. The van der Waals surface area contributed by atoms with Gasteiger partial charge in [-0.2, -0.15) is 0 Å². The van der Waals surface area contributed by atoms with E-state index in [0.29, 0.717) is 12.3 Å². The maximum absolute atomic E-state index is 10.6. The molecule has 0 amide bonds. The van der Waals surface area contributed by atoms with E-state index < -0.39 is 5.97 Å². The van der Waals surface area contributed by atoms with Gasteiger partial charge >= 0.3 is 5.97 Å². The molecule has 0 radical (unpaired) electrons. The summed E-state index contributed by atoms with van der Waals surface area (Å²) in [5.74, 6) is 0.705. The van der Waals surface area contributed by atoms with Crippen LogP contribution in [0.15, 0.2) is 12.1 Å². The van der Waals surface area contributed by atoms with Crippen LogP contribution in [0.25, 0.3) is 0 Å². The highest BCUT2D eigenvalue weighted by atomic mass is 16.4. The predicted octanol–water partition coefficient (Wildman–Crippen LogP) is 4.04. The maximum Gasteiger partial charge on any atom is 0.303 e. The van der Waals surface area contributed by atoms with E-state index in [1.165, 1.54) is 36.9 Å². The van der Waals surface area contributed by atoms with Gasteiger partial charge in [0.1, 0.15) is 5.82 Å². The molecule has 4 nitrogen and oxygen atoms in total. The molecule has 0 aromatic carbocycles. The Bertz CT molecular complexity index is 488. The molecule has 1 aromatic heterocycles. The summed E-state index contributed by atoms with van der Waals surface area (Å²) in [6, 6.07) is 4.39. The highest BCUT2D eigenvalue weighted by Crippen LogP contribution is 2.20. The molecule has 2 rings (SSSR count). The number of rotatable bonds is 9. The average Bonchev–Trinajstić information content (AvgIpc) is 2.50. The fourth-order valence-electron chi connectivity index (χ4n) is 3.06. The number of fused-ring (bicyclic) bond motifs is 1. The Hall–Kier alpha value is -1.58. The minimum Gasteiger partial charge on any atom is -0.481 e. The van der Waals surface area contributed by atoms with Gasteiger partial charge in [0.2, 0.25) is 0 Å². The summed E-state index contributed by atoms with van der Waals surface area (Å²) in [5, 5.41) is 12.1. The fourth-order valence-corrected chi connectivity index (χ4v) is 3.06. The van der Waals surface area contributed by atoms with Crippen molar-refractivity contribution in [2.45, 2.75) is 64.7 Å². The van der Waals surface area contributed by atoms with Crippen molar-refractivity contribution in [3.63, 3.8) is 0 Å². The number of carbonyl (C=O) groups is 1. The first-order valence-corrected chi connectivity index (χ1v) is 8.59. The first kappa shape index (κ1) is 16.8. The van der Waals surface area contributed by atoms with Gasteiger partial charge in [-0.05, 0) is 43.2 Å². The molecule has 1 unspecified atom stereocenters. The van der Waals surface area contributed by atoms with E-state index in [1.807, 2.05) is 6.92 Å². The first-order valence-electron chi connectivity index (χ1n) is 8.59. The molecule has 0 fully saturated rings. The van der Waals surface area contributed by atoms with Crippen LogP contribution in [-0.4, -0.2) is 22.6 Å². The van der Waals surface area contributed by atoms with Crippen LogP contribution in [-0.2, 0) is 17.6 Å². The second-order valence-electron chi connectivity index (χ2n) is 6.50. The number of carboxylic acid groups (broad SMARTS) is 1. The Labute approximate surface area is 133 Å². The molecule has 122 valence electrons. The minimum absolute atomic E-state index is 0.297. The Morgan fingerprint density at radius 2 is 2.14 bits per heavy atom. The van der Waals surface area contributed by atoms with Crippen molar-refractivity contribution < 1.29 is 9.90 Å². The number of anilines is 1. The third-order valence-corrected chi connectivity index (χ3v) is 4.35. The number of aliphatic carboxylic acids is 1. The number of hydrogen-bond acceptors (Lipinski definition) is 3. The Morgan fingerprint density at radius 3 is 2.95 bits per heavy atom. The second-order valence-corrected chi connectivity index (χ2v) is 6.50. The topological polar surface area (TPSA) is 62.2 Å². The molecule has 4 heteroatoms. The summed E-state index contributed by atoms with van der Waals surface area (Å²) >= 11 is 0. The van der Waals surface area contributed by atoms with Gasteiger partial charge in [0.15, 0.2) is 0 Å². The number of hydrogen-bond donors (Lipinski definition) is 2. The van der Waals surface area contributed by atoms with Crippen molar-refractivity contribution in [2.75, 3.05) is 11.9 Å². The molecule has 0 spiro atoms. The lowest BCUT2D eigenvalue weighted by Gasteiger charge is -2.17. The van der Waals surface area contributed by atoms with E-state index >= 15 is 0 Å². The van der Waals surface area contributed by atoms with Gasteiger partial charge < -0.3 is 10.4 Å². The SMILES string of the molecule is CC(CCCCCCc1ccc2c(n1)NCCC2)CC(=O)O. The quantitative estimate of drug-likeness (QED) is 0.676. The van der Waals surface area contributed by atoms with E-state index in [2.05, 4.69) is 17.4 Å². The standard InChI is InChI=1S/C18H28N2O2/c1-14(13-17(21)22)7-4-2-3-5-9-16-11-10-15-8-6-12-19-18(15)20-16/h10-11,14H,2-9,12-13H2,1H3,(H,19,20)(H,21,22). The highest BCUT2D eigenvalue weighted by Gasteiger charge is 2.10. The lowest BCUT2D eigenvalue weighted by Crippen LogP contribution is -2.13. The number of aryl methyl sites for hydroxylation is 2. The third-order valence-electron chi connectivity index (χ3n) is 4.35. The van der Waals surface area contributed by atoms with E-state index in [0.717, 1.165) is 38.0 Å². The van der Waals surface area contributed by atoms with Crippen LogP contribution in [0.3, 0.4) is 0 Å². The Balaban J connectivity index is 1.60. The molecule has 0 saturated carbocycles. The van der Waals surface area contributed by atoms with Crippen molar-refractivity contribution in [3.8, 4) is 0 Å². The molecule has 22 heavy (non-hydrogen) atoms. The van der Waals surface area contributed by atoms with Crippen LogP contribution in [0.5, 0.6) is 0 Å². The van der Waals surface area contributed by atoms with Crippen LogP contribution in [0.2, 0.25) is 0 Å². The van der Waals surface area contributed by atoms with Crippen molar-refractivity contribution in [2.24, 2.45) is 5.92 Å². The summed E-state index contributed by atoms with van der Waals surface area (Å²) in [6.07, 6.45) is 9.39. The number of nitrogens with one attached hydrogen (secondary N) is 1.